The van der Waals surface area contributed by atoms with Gasteiger partial charge in [-0.1, -0.05) is 23.3 Å². The third-order valence-corrected chi connectivity index (χ3v) is 8.20. The number of hydrogen-bond acceptors (Lipinski definition) is 22. The van der Waals surface area contributed by atoms with Crippen LogP contribution in [-0.4, -0.2) is 79.9 Å². The smallest absolute Gasteiger partial charge is 0.417 e. The number of halogens is 1. The van der Waals surface area contributed by atoms with Gasteiger partial charge in [0.2, 0.25) is 0 Å². The Kier molecular flexibility index (Phi) is 31.1. The molecule has 0 fully saturated rings. The number of aromatic nitrogens is 5. The van der Waals surface area contributed by atoms with Gasteiger partial charge in [-0.05, 0) is 87.0 Å². The fraction of sp³-hybridized carbons (Fsp3) is 0.208. The molecule has 0 saturated heterocycles. The highest BCUT2D eigenvalue weighted by atomic mass is 35.5. The van der Waals surface area contributed by atoms with E-state index >= 15 is 0 Å². The zero-order valence-corrected chi connectivity index (χ0v) is 41.8. The van der Waals surface area contributed by atoms with E-state index in [0.717, 1.165) is 5.69 Å². The molecule has 28 heteroatoms. The minimum atomic E-state index is -0.593. The normalized spacial score (nSPS) is 9.38. The number of nitrogens with two attached hydrogens (primary N) is 1. The van der Waals surface area contributed by atoms with Crippen LogP contribution in [0.4, 0.5) is 21.0 Å². The number of carbonyl (C=O) groups excluding carboxylic acids is 5. The Morgan fingerprint density at radius 2 is 1.07 bits per heavy atom. The third-order valence-electron chi connectivity index (χ3n) is 8.20. The molecule has 3 amide bonds. The Morgan fingerprint density at radius 1 is 0.605 bits per heavy atom. The van der Waals surface area contributed by atoms with Gasteiger partial charge in [0, 0.05) is 22.8 Å². The number of oxazole rings is 5. The predicted octanol–water partition coefficient (Wildman–Crippen LogP) is 8.71. The summed E-state index contributed by atoms with van der Waals surface area (Å²) < 4.78 is 42.6. The second kappa shape index (κ2) is 37.9. The van der Waals surface area contributed by atoms with E-state index in [1.807, 2.05) is 6.07 Å². The van der Waals surface area contributed by atoms with Gasteiger partial charge in [0.25, 0.3) is 0 Å². The molecule has 3 aromatic carbocycles. The number of nitrogens with one attached hydrogen (secondary N) is 3. The number of carbonyl (C=O) groups is 5. The van der Waals surface area contributed by atoms with E-state index in [4.69, 9.17) is 35.0 Å². The van der Waals surface area contributed by atoms with Crippen molar-refractivity contribution in [2.24, 2.45) is 10.8 Å². The van der Waals surface area contributed by atoms with Crippen molar-refractivity contribution in [3.8, 4) is 5.75 Å². The summed E-state index contributed by atoms with van der Waals surface area (Å²) in [5.74, 6) is -0.773. The van der Waals surface area contributed by atoms with Crippen LogP contribution in [0.15, 0.2) is 169 Å². The number of nitrogens with zero attached hydrogens (tertiary/aromatic N) is 8. The van der Waals surface area contributed by atoms with Crippen molar-refractivity contribution < 1.29 is 70.1 Å². The average Bonchev–Trinajstić information content (AvgIpc) is 4.30. The van der Waals surface area contributed by atoms with Gasteiger partial charge in [-0.15, -0.1) is 12.4 Å². The molecule has 0 bridgehead atoms. The van der Waals surface area contributed by atoms with Crippen LogP contribution in [0.25, 0.3) is 10.4 Å². The fourth-order valence-corrected chi connectivity index (χ4v) is 4.81. The molecule has 0 aliphatic carbocycles. The van der Waals surface area contributed by atoms with Gasteiger partial charge in [-0.2, -0.15) is 0 Å². The zero-order chi connectivity index (χ0) is 54.3. The van der Waals surface area contributed by atoms with Crippen LogP contribution in [0.2, 0.25) is 0 Å². The van der Waals surface area contributed by atoms with Crippen molar-refractivity contribution in [1.82, 2.24) is 30.2 Å². The highest BCUT2D eigenvalue weighted by Gasteiger charge is 2.10. The number of rotatable bonds is 15. The van der Waals surface area contributed by atoms with E-state index in [9.17, 15) is 24.0 Å². The Morgan fingerprint density at radius 3 is 1.49 bits per heavy atom. The molecule has 0 radical (unpaired) electrons. The quantitative estimate of drug-likeness (QED) is 0.0210. The van der Waals surface area contributed by atoms with Gasteiger partial charge < -0.3 is 62.5 Å². The number of esters is 3. The number of para-hydroxylation sites is 1. The van der Waals surface area contributed by atoms with Crippen molar-refractivity contribution >= 4 is 53.8 Å². The van der Waals surface area contributed by atoms with Gasteiger partial charge in [-0.25, -0.2) is 48.9 Å². The molecule has 0 aliphatic rings. The highest BCUT2D eigenvalue weighted by Crippen LogP contribution is 2.14. The lowest BCUT2D eigenvalue weighted by Crippen LogP contribution is -2.28. The van der Waals surface area contributed by atoms with E-state index in [2.05, 4.69) is 73.3 Å². The van der Waals surface area contributed by atoms with E-state index in [-0.39, 0.29) is 49.8 Å². The van der Waals surface area contributed by atoms with Crippen molar-refractivity contribution in [3.63, 3.8) is 0 Å². The molecule has 0 unspecified atom stereocenters. The predicted molar refractivity (Wildman–Crippen MR) is 269 cm³/mol. The van der Waals surface area contributed by atoms with Crippen molar-refractivity contribution in [1.29, 1.82) is 0 Å². The third kappa shape index (κ3) is 26.0. The lowest BCUT2D eigenvalue weighted by atomic mass is 10.2. The molecule has 27 nitrogen and oxygen atoms in total. The van der Waals surface area contributed by atoms with Gasteiger partial charge in [-0.3, -0.25) is 5.32 Å². The maximum atomic E-state index is 11.7. The molecular formula is C48H53ClN12O15. The number of aliphatic hydroxyl groups is 1. The zero-order valence-electron chi connectivity index (χ0n) is 41.0. The molecule has 5 heterocycles. The number of ether oxygens (including phenoxy) is 4. The Balaban J connectivity index is 0.000000331. The van der Waals surface area contributed by atoms with E-state index in [1.165, 1.54) is 63.3 Å². The maximum absolute atomic E-state index is 11.7. The minimum absolute atomic E-state index is 0. The molecule has 8 rings (SSSR count). The molecular weight excluding hydrogens is 1020 g/mol. The summed E-state index contributed by atoms with van der Waals surface area (Å²) in [6.07, 6.45) is 12.9. The maximum Gasteiger partial charge on any atom is 0.417 e. The van der Waals surface area contributed by atoms with Crippen LogP contribution in [0, 0.1) is 0 Å². The summed E-state index contributed by atoms with van der Waals surface area (Å²) in [6.45, 7) is 7.15. The number of hydrogen-bond donors (Lipinski definition) is 5. The summed E-state index contributed by atoms with van der Waals surface area (Å²) in [4.78, 5) is 78.2. The SMILES string of the molecule is CCOC(=O)c1ccc(NC(=O)NCc2cocn2)cc1.CCOC(=O)c1ccc(NC(=O)Oc2ccccc2)cc1.CCOC(=O)c1cocn1.Cl.NCc1cocn1.OCc1cocn1.[N-]=[N+]=NCc1cocn1. The minimum Gasteiger partial charge on any atom is -0.462 e. The molecule has 0 saturated carbocycles. The molecule has 76 heavy (non-hydrogen) atoms. The van der Waals surface area contributed by atoms with Crippen molar-refractivity contribution in [2.75, 3.05) is 30.5 Å². The van der Waals surface area contributed by atoms with Crippen molar-refractivity contribution in [3.05, 3.63) is 192 Å². The number of aliphatic hydroxyl groups excluding tert-OH is 1. The lowest BCUT2D eigenvalue weighted by Gasteiger charge is -2.07. The molecule has 0 atom stereocenters. The first-order chi connectivity index (χ1) is 36.5. The standard InChI is InChI=1S/C16H15NO4.C14H15N3O4.C6H7NO3.C4H4N4O.C4H6N2O.C4H5NO2.ClH/c1-2-20-15(18)12-8-10-13(11-9-12)17-16(19)21-14-6-4-3-5-7-14;1-2-21-13(18)10-3-5-11(6-4-10)17-14(19)15-7-12-8-20-9-16-12;1-2-10-6(8)5-3-9-4-7-5;5-8-7-1-4-2-9-3-6-4;5-1-4-2-7-3-6-4;6-1-4-2-7-3-5-4;/h3-11H,2H2,1H3,(H,17,19);3-6,8-9H,2,7H2,1H3,(H2,15,17,19);3-4H,2H2,1H3;2-3H,1H2;2-3H,1,5H2;2-3,6H,1H2;1H. The Hall–Kier alpha value is -9.82. The fourth-order valence-electron chi connectivity index (χ4n) is 4.81. The monoisotopic (exact) mass is 1070 g/mol. The molecule has 6 N–H and O–H groups in total. The summed E-state index contributed by atoms with van der Waals surface area (Å²) >= 11 is 0. The number of azide groups is 1. The first-order valence-electron chi connectivity index (χ1n) is 22.0. The summed E-state index contributed by atoms with van der Waals surface area (Å²) in [7, 11) is 0. The van der Waals surface area contributed by atoms with Gasteiger partial charge >= 0.3 is 30.0 Å². The van der Waals surface area contributed by atoms with Crippen LogP contribution < -0.4 is 26.4 Å². The average molecular weight is 1070 g/mol. The second-order valence-electron chi connectivity index (χ2n) is 13.5. The second-order valence-corrected chi connectivity index (χ2v) is 13.5. The molecule has 402 valence electrons. The van der Waals surface area contributed by atoms with E-state index in [0.29, 0.717) is 71.7 Å². The number of urea groups is 1. The van der Waals surface area contributed by atoms with Crippen molar-refractivity contribution in [2.45, 2.75) is 47.0 Å². The molecule has 0 aliphatic heterocycles. The largest absolute Gasteiger partial charge is 0.462 e. The topological polar surface area (TPSA) is 384 Å². The van der Waals surface area contributed by atoms with Gasteiger partial charge in [0.15, 0.2) is 37.7 Å². The number of amides is 3. The number of benzene rings is 3. The Bertz CT molecular complexity index is 2780. The first kappa shape index (κ1) is 62.3. The number of anilines is 2. The highest BCUT2D eigenvalue weighted by molar-refractivity contribution is 5.93. The molecule has 0 spiro atoms. The van der Waals surface area contributed by atoms with Crippen LogP contribution in [0.1, 0.15) is 74.8 Å². The summed E-state index contributed by atoms with van der Waals surface area (Å²) in [5, 5.41) is 19.4. The van der Waals surface area contributed by atoms with Gasteiger partial charge in [0.1, 0.15) is 42.8 Å². The molecule has 5 aromatic heterocycles. The lowest BCUT2D eigenvalue weighted by molar-refractivity contribution is 0.0512. The van der Waals surface area contributed by atoms with E-state index in [1.54, 1.807) is 93.6 Å². The van der Waals surface area contributed by atoms with Gasteiger partial charge in [0.05, 0.1) is 67.7 Å². The summed E-state index contributed by atoms with van der Waals surface area (Å²) in [5.41, 5.74) is 17.8. The van der Waals surface area contributed by atoms with Crippen LogP contribution >= 0.6 is 12.4 Å². The summed E-state index contributed by atoms with van der Waals surface area (Å²) in [6, 6.07) is 21.2. The van der Waals surface area contributed by atoms with Crippen LogP contribution in [-0.2, 0) is 40.5 Å². The van der Waals surface area contributed by atoms with Crippen LogP contribution in [0.3, 0.4) is 0 Å². The van der Waals surface area contributed by atoms with Crippen LogP contribution in [0.5, 0.6) is 5.75 Å². The first-order valence-corrected chi connectivity index (χ1v) is 22.0. The Labute approximate surface area is 439 Å². The molecule has 8 aromatic rings. The van der Waals surface area contributed by atoms with E-state index < -0.39 is 18.0 Å².